The second-order valence-corrected chi connectivity index (χ2v) is 15.2. The van der Waals surface area contributed by atoms with Crippen molar-refractivity contribution in [1.29, 1.82) is 0 Å². The van der Waals surface area contributed by atoms with Gasteiger partial charge < -0.3 is 19.6 Å². The van der Waals surface area contributed by atoms with Crippen LogP contribution in [0.1, 0.15) is 90.0 Å². The number of aromatic hydroxyl groups is 1. The number of piperazine rings is 1. The Labute approximate surface area is 303 Å². The molecule has 1 aromatic heterocycles. The number of benzene rings is 3. The molecule has 2 amide bonds. The Morgan fingerprint density at radius 1 is 0.865 bits per heavy atom. The summed E-state index contributed by atoms with van der Waals surface area (Å²) >= 11 is 0. The van der Waals surface area contributed by atoms with Gasteiger partial charge in [-0.15, -0.1) is 0 Å². The summed E-state index contributed by atoms with van der Waals surface area (Å²) in [6, 6.07) is 17.7. The Hall–Kier alpha value is -4.57. The van der Waals surface area contributed by atoms with Gasteiger partial charge >= 0.3 is 0 Å². The van der Waals surface area contributed by atoms with Gasteiger partial charge in [0.15, 0.2) is 0 Å². The molecular weight excluding hydrogens is 659 g/mol. The van der Waals surface area contributed by atoms with Crippen LogP contribution in [0.15, 0.2) is 65.5 Å². The van der Waals surface area contributed by atoms with Crippen molar-refractivity contribution in [2.75, 3.05) is 32.8 Å². The number of rotatable bonds is 9. The van der Waals surface area contributed by atoms with Gasteiger partial charge in [-0.2, -0.15) is 5.10 Å². The number of nitrogens with zero attached hydrogens (tertiary/aromatic N) is 3. The van der Waals surface area contributed by atoms with Crippen LogP contribution in [0.25, 0.3) is 10.8 Å². The van der Waals surface area contributed by atoms with Crippen LogP contribution < -0.4 is 5.56 Å². The summed E-state index contributed by atoms with van der Waals surface area (Å²) in [5.41, 5.74) is 3.87. The largest absolute Gasteiger partial charge is 0.508 e. The van der Waals surface area contributed by atoms with Gasteiger partial charge in [0.25, 0.3) is 11.5 Å². The van der Waals surface area contributed by atoms with Crippen LogP contribution in [-0.4, -0.2) is 75.8 Å². The lowest BCUT2D eigenvalue weighted by Crippen LogP contribution is -2.50. The first-order valence-electron chi connectivity index (χ1n) is 19.1. The third-order valence-corrected chi connectivity index (χ3v) is 12.4. The summed E-state index contributed by atoms with van der Waals surface area (Å²) < 4.78 is 21.4. The molecule has 2 saturated carbocycles. The molecule has 0 bridgehead atoms. The highest BCUT2D eigenvalue weighted by atomic mass is 19.1. The molecule has 8 rings (SSSR count). The number of phenolic OH excluding ortho intramolecular Hbond substituents is 1. The number of hydrogen-bond donors (Lipinski definition) is 2. The minimum Gasteiger partial charge on any atom is -0.508 e. The number of halogens is 1. The Bertz CT molecular complexity index is 2020. The molecule has 2 N–H and O–H groups in total. The summed E-state index contributed by atoms with van der Waals surface area (Å²) in [6.45, 7) is 2.23. The van der Waals surface area contributed by atoms with Crippen molar-refractivity contribution in [1.82, 2.24) is 20.0 Å². The number of ether oxygens (including phenoxy) is 1. The molecule has 1 unspecified atom stereocenters. The number of aromatic amines is 1. The molecule has 5 atom stereocenters. The number of H-pyrrole nitrogens is 1. The molecule has 272 valence electrons. The fourth-order valence-electron chi connectivity index (χ4n) is 9.82. The average Bonchev–Trinajstić information content (AvgIpc) is 3.59. The Morgan fingerprint density at radius 3 is 2.50 bits per heavy atom. The van der Waals surface area contributed by atoms with Crippen molar-refractivity contribution in [3.05, 3.63) is 105 Å². The van der Waals surface area contributed by atoms with E-state index in [1.165, 1.54) is 42.9 Å². The molecule has 52 heavy (non-hydrogen) atoms. The fourth-order valence-corrected chi connectivity index (χ4v) is 9.82. The fraction of sp³-hybridized carbons (Fsp3) is 0.476. The van der Waals surface area contributed by atoms with Crippen LogP contribution in [-0.2, 0) is 22.4 Å². The van der Waals surface area contributed by atoms with Crippen LogP contribution in [0.3, 0.4) is 0 Å². The van der Waals surface area contributed by atoms with Crippen LogP contribution in [0.5, 0.6) is 5.75 Å². The Kier molecular flexibility index (Phi) is 9.83. The predicted molar refractivity (Wildman–Crippen MR) is 196 cm³/mol. The van der Waals surface area contributed by atoms with Crippen molar-refractivity contribution in [3.8, 4) is 5.75 Å². The maximum atomic E-state index is 14.9. The van der Waals surface area contributed by atoms with Crippen molar-refractivity contribution < 1.29 is 23.8 Å². The maximum absolute atomic E-state index is 14.9. The number of fused-ring (bicyclic) bond motifs is 6. The lowest BCUT2D eigenvalue weighted by Gasteiger charge is -2.45. The van der Waals surface area contributed by atoms with Crippen molar-refractivity contribution >= 4 is 22.6 Å². The zero-order valence-electron chi connectivity index (χ0n) is 29.6. The number of unbranched alkanes of at least 4 members (excludes halogenated alkanes) is 1. The molecule has 0 spiro atoms. The SMILES string of the molecule is O=C(CCCCO[C@H]1CC[C@@H]2C1CC[C@@H]1c3ccc(O)cc3CC[C@H]12)N1CCN(C(=O)c2cc(Cc3n[nH]c(=O)c4ccccc34)ccc2F)CC1. The molecule has 4 aliphatic rings. The molecule has 10 heteroatoms. The van der Waals surface area contributed by atoms with Crippen molar-refractivity contribution in [2.45, 2.75) is 76.2 Å². The first-order chi connectivity index (χ1) is 25.3. The third kappa shape index (κ3) is 6.85. The van der Waals surface area contributed by atoms with E-state index < -0.39 is 5.82 Å². The van der Waals surface area contributed by atoms with Crippen molar-refractivity contribution in [2.24, 2.45) is 17.8 Å². The summed E-state index contributed by atoms with van der Waals surface area (Å²) in [6.07, 6.45) is 9.75. The minimum atomic E-state index is -0.587. The first kappa shape index (κ1) is 34.5. The number of phenols is 1. The van der Waals surface area contributed by atoms with Gasteiger partial charge in [0.05, 0.1) is 22.7 Å². The highest BCUT2D eigenvalue weighted by Crippen LogP contribution is 2.55. The van der Waals surface area contributed by atoms with Gasteiger partial charge in [-0.1, -0.05) is 30.3 Å². The molecule has 2 heterocycles. The number of aryl methyl sites for hydroxylation is 1. The van der Waals surface area contributed by atoms with E-state index in [9.17, 15) is 23.9 Å². The van der Waals surface area contributed by atoms with E-state index in [-0.39, 0.29) is 22.9 Å². The standard InChI is InChI=1S/C42H47FN4O5/c43-37-16-8-26(24-38-33-5-1-2-6-35(33)41(50)45-44-38)23-36(37)42(51)47-20-18-46(19-21-47)40(49)7-3-4-22-52-39-17-15-32-31-11-9-27-25-28(48)10-12-29(27)30(31)13-14-34(32)39/h1-2,5-6,8,10,12,16,23,25,30-32,34,39,48H,3-4,7,9,11,13-15,17-22,24H2,(H,45,50)/t30-,31-,32+,34?,39+/m1/s1. The molecule has 3 aliphatic carbocycles. The smallest absolute Gasteiger partial charge is 0.272 e. The van der Waals surface area contributed by atoms with Gasteiger partial charge in [-0.25, -0.2) is 9.49 Å². The zero-order valence-corrected chi connectivity index (χ0v) is 29.6. The third-order valence-electron chi connectivity index (χ3n) is 12.4. The highest BCUT2D eigenvalue weighted by Gasteiger charge is 2.48. The zero-order chi connectivity index (χ0) is 35.8. The van der Waals surface area contributed by atoms with E-state index in [0.29, 0.717) is 91.9 Å². The van der Waals surface area contributed by atoms with Crippen LogP contribution >= 0.6 is 0 Å². The summed E-state index contributed by atoms with van der Waals surface area (Å²) in [5.74, 6) is 2.17. The van der Waals surface area contributed by atoms with Crippen LogP contribution in [0, 0.1) is 23.6 Å². The van der Waals surface area contributed by atoms with E-state index in [4.69, 9.17) is 4.74 Å². The molecule has 1 saturated heterocycles. The number of aromatic nitrogens is 2. The van der Waals surface area contributed by atoms with E-state index in [1.807, 2.05) is 29.2 Å². The maximum Gasteiger partial charge on any atom is 0.272 e. The van der Waals surface area contributed by atoms with Crippen LogP contribution in [0.4, 0.5) is 4.39 Å². The summed E-state index contributed by atoms with van der Waals surface area (Å²) in [4.78, 5) is 42.1. The lowest BCUT2D eigenvalue weighted by atomic mass is 9.61. The Morgan fingerprint density at radius 2 is 1.65 bits per heavy atom. The van der Waals surface area contributed by atoms with E-state index >= 15 is 0 Å². The molecule has 4 aromatic rings. The number of carbonyl (C=O) groups is 2. The van der Waals surface area contributed by atoms with E-state index in [2.05, 4.69) is 16.3 Å². The topological polar surface area (TPSA) is 116 Å². The van der Waals surface area contributed by atoms with E-state index in [0.717, 1.165) is 37.0 Å². The minimum absolute atomic E-state index is 0.00199. The molecule has 3 aromatic carbocycles. The Balaban J connectivity index is 0.775. The molecule has 1 aliphatic heterocycles. The second kappa shape index (κ2) is 14.8. The molecule has 9 nitrogen and oxygen atoms in total. The monoisotopic (exact) mass is 706 g/mol. The van der Waals surface area contributed by atoms with Gasteiger partial charge in [0.1, 0.15) is 11.6 Å². The molecular formula is C42H47FN4O5. The normalized spacial score (nSPS) is 24.0. The predicted octanol–water partition coefficient (Wildman–Crippen LogP) is 6.36. The van der Waals surface area contributed by atoms with E-state index in [1.54, 1.807) is 29.2 Å². The lowest BCUT2D eigenvalue weighted by molar-refractivity contribution is -0.132. The summed E-state index contributed by atoms with van der Waals surface area (Å²) in [7, 11) is 0. The van der Waals surface area contributed by atoms with Gasteiger partial charge in [-0.05, 0) is 122 Å². The number of hydrogen-bond acceptors (Lipinski definition) is 6. The molecule has 3 fully saturated rings. The first-order valence-corrected chi connectivity index (χ1v) is 19.1. The van der Waals surface area contributed by atoms with Gasteiger partial charge in [-0.3, -0.25) is 14.4 Å². The number of carbonyl (C=O) groups excluding carboxylic acids is 2. The van der Waals surface area contributed by atoms with Crippen molar-refractivity contribution in [3.63, 3.8) is 0 Å². The quantitative estimate of drug-likeness (QED) is 0.196. The second-order valence-electron chi connectivity index (χ2n) is 15.2. The number of amides is 2. The van der Waals surface area contributed by atoms with Gasteiger partial charge in [0.2, 0.25) is 5.91 Å². The summed E-state index contributed by atoms with van der Waals surface area (Å²) in [5, 5.41) is 18.0. The molecule has 0 radical (unpaired) electrons. The average molecular weight is 707 g/mol. The van der Waals surface area contributed by atoms with Gasteiger partial charge in [0, 0.05) is 51.0 Å². The highest BCUT2D eigenvalue weighted by molar-refractivity contribution is 5.95. The number of nitrogens with one attached hydrogen (secondary N) is 1. The van der Waals surface area contributed by atoms with Crippen LogP contribution in [0.2, 0.25) is 0 Å².